The molecule has 2 unspecified atom stereocenters. The highest BCUT2D eigenvalue weighted by molar-refractivity contribution is 5.79. The largest absolute Gasteiger partial charge is 0.373 e. The number of aryl methyl sites for hydroxylation is 1. The Labute approximate surface area is 154 Å². The number of carbonyl (C=O) groups is 1. The van der Waals surface area contributed by atoms with Crippen molar-refractivity contribution in [2.45, 2.75) is 38.4 Å². The zero-order chi connectivity index (χ0) is 18.1. The lowest BCUT2D eigenvalue weighted by atomic mass is 10.0. The van der Waals surface area contributed by atoms with Crippen LogP contribution in [0.5, 0.6) is 0 Å². The van der Waals surface area contributed by atoms with Crippen molar-refractivity contribution in [3.8, 4) is 0 Å². The van der Waals surface area contributed by atoms with Crippen molar-refractivity contribution in [3.05, 3.63) is 30.0 Å². The van der Waals surface area contributed by atoms with Crippen molar-refractivity contribution in [2.24, 2.45) is 7.05 Å². The fraction of sp³-hybridized carbons (Fsp3) is 0.600. The van der Waals surface area contributed by atoms with Crippen LogP contribution in [0.1, 0.15) is 25.3 Å². The molecule has 0 bridgehead atoms. The summed E-state index contributed by atoms with van der Waals surface area (Å²) in [5.74, 6) is 0.187. The Balaban J connectivity index is 1.27. The van der Waals surface area contributed by atoms with Crippen LogP contribution in [0, 0.1) is 0 Å². The summed E-state index contributed by atoms with van der Waals surface area (Å²) in [5.41, 5.74) is 2.50. The number of amides is 1. The van der Waals surface area contributed by atoms with Gasteiger partial charge in [0.15, 0.2) is 0 Å². The zero-order valence-electron chi connectivity index (χ0n) is 15.7. The van der Waals surface area contributed by atoms with E-state index in [2.05, 4.69) is 28.2 Å². The Morgan fingerprint density at radius 1 is 1.19 bits per heavy atom. The van der Waals surface area contributed by atoms with E-state index in [9.17, 15) is 4.79 Å². The van der Waals surface area contributed by atoms with E-state index in [0.29, 0.717) is 12.2 Å². The van der Waals surface area contributed by atoms with E-state index < -0.39 is 0 Å². The molecule has 4 rings (SSSR count). The Hall–Kier alpha value is -1.92. The van der Waals surface area contributed by atoms with Crippen LogP contribution in [-0.2, 0) is 23.0 Å². The molecule has 26 heavy (non-hydrogen) atoms. The minimum absolute atomic E-state index is 0.187. The number of rotatable bonds is 4. The van der Waals surface area contributed by atoms with Gasteiger partial charge in [-0.3, -0.25) is 14.4 Å². The molecule has 2 aliphatic rings. The van der Waals surface area contributed by atoms with Crippen LogP contribution >= 0.6 is 0 Å². The molecule has 2 atom stereocenters. The number of hydrogen-bond donors (Lipinski definition) is 0. The number of hydrogen-bond acceptors (Lipinski definition) is 4. The van der Waals surface area contributed by atoms with E-state index in [1.807, 2.05) is 22.8 Å². The lowest BCUT2D eigenvalue weighted by Crippen LogP contribution is -2.49. The molecule has 0 saturated carbocycles. The molecular weight excluding hydrogens is 328 g/mol. The van der Waals surface area contributed by atoms with Crippen molar-refractivity contribution in [1.82, 2.24) is 19.6 Å². The molecule has 0 radical (unpaired) electrons. The third-order valence-electron chi connectivity index (χ3n) is 5.75. The van der Waals surface area contributed by atoms with E-state index in [-0.39, 0.29) is 5.91 Å². The Bertz CT molecular complexity index is 779. The molecule has 3 heterocycles. The van der Waals surface area contributed by atoms with E-state index in [1.165, 1.54) is 16.5 Å². The second-order valence-electron chi connectivity index (χ2n) is 7.63. The average Bonchev–Trinajstić information content (AvgIpc) is 3.22. The summed E-state index contributed by atoms with van der Waals surface area (Å²) in [7, 11) is 1.98. The molecule has 1 aromatic heterocycles. The predicted molar refractivity (Wildman–Crippen MR) is 101 cm³/mol. The smallest absolute Gasteiger partial charge is 0.219 e. The molecule has 0 spiro atoms. The third kappa shape index (κ3) is 3.76. The van der Waals surface area contributed by atoms with Crippen LogP contribution in [0.2, 0.25) is 0 Å². The second-order valence-corrected chi connectivity index (χ2v) is 7.63. The van der Waals surface area contributed by atoms with Crippen molar-refractivity contribution in [3.63, 3.8) is 0 Å². The maximum Gasteiger partial charge on any atom is 0.219 e. The molecule has 2 fully saturated rings. The topological polar surface area (TPSA) is 50.6 Å². The van der Waals surface area contributed by atoms with E-state index in [0.717, 1.165) is 52.0 Å². The fourth-order valence-corrected chi connectivity index (χ4v) is 4.20. The molecule has 2 saturated heterocycles. The van der Waals surface area contributed by atoms with Crippen LogP contribution in [0.3, 0.4) is 0 Å². The van der Waals surface area contributed by atoms with Crippen molar-refractivity contribution < 1.29 is 9.53 Å². The number of benzene rings is 1. The van der Waals surface area contributed by atoms with E-state index >= 15 is 0 Å². The van der Waals surface area contributed by atoms with E-state index in [4.69, 9.17) is 4.74 Å². The van der Waals surface area contributed by atoms with Crippen molar-refractivity contribution in [2.75, 3.05) is 32.7 Å². The van der Waals surface area contributed by atoms with Gasteiger partial charge in [-0.1, -0.05) is 6.07 Å². The van der Waals surface area contributed by atoms with Gasteiger partial charge in [0.1, 0.15) is 0 Å². The second kappa shape index (κ2) is 7.37. The molecule has 1 aromatic carbocycles. The van der Waals surface area contributed by atoms with Gasteiger partial charge >= 0.3 is 0 Å². The van der Waals surface area contributed by atoms with Crippen LogP contribution in [-0.4, -0.2) is 70.4 Å². The third-order valence-corrected chi connectivity index (χ3v) is 5.75. The molecule has 1 amide bonds. The summed E-state index contributed by atoms with van der Waals surface area (Å²) in [6, 6.07) is 6.58. The average molecular weight is 356 g/mol. The first-order chi connectivity index (χ1) is 12.6. The SMILES string of the molecule is CC(=O)N1CCN(CC2CCC(Cc3ccc4c(cnn4C)c3)O2)CC1. The van der Waals surface area contributed by atoms with Gasteiger partial charge in [-0.05, 0) is 37.0 Å². The van der Waals surface area contributed by atoms with Gasteiger partial charge in [-0.15, -0.1) is 0 Å². The maximum atomic E-state index is 11.4. The quantitative estimate of drug-likeness (QED) is 0.839. The Morgan fingerprint density at radius 3 is 2.73 bits per heavy atom. The lowest BCUT2D eigenvalue weighted by molar-refractivity contribution is -0.130. The first-order valence-corrected chi connectivity index (χ1v) is 9.62. The number of piperazine rings is 1. The van der Waals surface area contributed by atoms with Crippen molar-refractivity contribution in [1.29, 1.82) is 0 Å². The van der Waals surface area contributed by atoms with Gasteiger partial charge in [0.25, 0.3) is 0 Å². The van der Waals surface area contributed by atoms with Gasteiger partial charge in [0.2, 0.25) is 5.91 Å². The first kappa shape index (κ1) is 17.5. The summed E-state index contributed by atoms with van der Waals surface area (Å²) in [4.78, 5) is 15.8. The summed E-state index contributed by atoms with van der Waals surface area (Å²) in [6.07, 6.45) is 5.80. The van der Waals surface area contributed by atoms with Crippen molar-refractivity contribution >= 4 is 16.8 Å². The zero-order valence-corrected chi connectivity index (χ0v) is 15.7. The summed E-state index contributed by atoms with van der Waals surface area (Å²) < 4.78 is 8.23. The molecule has 140 valence electrons. The highest BCUT2D eigenvalue weighted by atomic mass is 16.5. The Morgan fingerprint density at radius 2 is 1.96 bits per heavy atom. The highest BCUT2D eigenvalue weighted by Gasteiger charge is 2.28. The van der Waals surface area contributed by atoms with Gasteiger partial charge in [0.05, 0.1) is 23.9 Å². The highest BCUT2D eigenvalue weighted by Crippen LogP contribution is 2.25. The molecule has 2 aliphatic heterocycles. The molecule has 2 aromatic rings. The standard InChI is InChI=1S/C20H28N4O2/c1-15(25)24-9-7-23(8-10-24)14-19-5-4-18(26-19)12-16-3-6-20-17(11-16)13-21-22(20)2/h3,6,11,13,18-19H,4-5,7-10,12,14H2,1-2H3. The number of ether oxygens (including phenoxy) is 1. The van der Waals surface area contributed by atoms with E-state index in [1.54, 1.807) is 6.92 Å². The number of nitrogens with zero attached hydrogens (tertiary/aromatic N) is 4. The van der Waals surface area contributed by atoms with Gasteiger partial charge in [-0.25, -0.2) is 0 Å². The first-order valence-electron chi connectivity index (χ1n) is 9.62. The molecule has 6 nitrogen and oxygen atoms in total. The van der Waals surface area contributed by atoms with Crippen LogP contribution < -0.4 is 0 Å². The molecule has 0 aliphatic carbocycles. The van der Waals surface area contributed by atoms with Crippen LogP contribution in [0.15, 0.2) is 24.4 Å². The molecule has 6 heteroatoms. The fourth-order valence-electron chi connectivity index (χ4n) is 4.20. The molecular formula is C20H28N4O2. The van der Waals surface area contributed by atoms with Gasteiger partial charge in [0, 0.05) is 52.1 Å². The van der Waals surface area contributed by atoms with Crippen LogP contribution in [0.25, 0.3) is 10.9 Å². The number of aromatic nitrogens is 2. The lowest BCUT2D eigenvalue weighted by Gasteiger charge is -2.35. The predicted octanol–water partition coefficient (Wildman–Crippen LogP) is 1.83. The summed E-state index contributed by atoms with van der Waals surface area (Å²) in [5, 5.41) is 5.51. The minimum atomic E-state index is 0.187. The van der Waals surface area contributed by atoms with Gasteiger partial charge in [-0.2, -0.15) is 5.10 Å². The molecule has 0 N–H and O–H groups in total. The Kier molecular flexibility index (Phi) is 4.96. The van der Waals surface area contributed by atoms with Crippen LogP contribution in [0.4, 0.5) is 0 Å². The minimum Gasteiger partial charge on any atom is -0.373 e. The number of carbonyl (C=O) groups excluding carboxylic acids is 1. The monoisotopic (exact) mass is 356 g/mol. The summed E-state index contributed by atoms with van der Waals surface area (Å²) in [6.45, 7) is 6.25. The van der Waals surface area contributed by atoms with Gasteiger partial charge < -0.3 is 9.64 Å². The normalized spacial score (nSPS) is 24.5. The number of fused-ring (bicyclic) bond motifs is 1. The maximum absolute atomic E-state index is 11.4. The summed E-state index contributed by atoms with van der Waals surface area (Å²) >= 11 is 0.